The molecule has 2 bridgehead atoms. The van der Waals surface area contributed by atoms with Crippen molar-refractivity contribution < 1.29 is 9.90 Å². The molecule has 0 aromatic carbocycles. The molecule has 3 nitrogen and oxygen atoms in total. The first kappa shape index (κ1) is 10.1. The van der Waals surface area contributed by atoms with Crippen molar-refractivity contribution >= 4 is 17.2 Å². The summed E-state index contributed by atoms with van der Waals surface area (Å²) in [6, 6.07) is 3.90. The minimum absolute atomic E-state index is 0.105. The molecule has 1 N–H and O–H groups in total. The van der Waals surface area contributed by atoms with Crippen LogP contribution >= 0.6 is 11.3 Å². The van der Waals surface area contributed by atoms with Crippen LogP contribution in [0.3, 0.4) is 0 Å². The van der Waals surface area contributed by atoms with Gasteiger partial charge >= 0.3 is 0 Å². The fourth-order valence-electron chi connectivity index (χ4n) is 4.19. The quantitative estimate of drug-likeness (QED) is 0.821. The van der Waals surface area contributed by atoms with Gasteiger partial charge in [-0.05, 0) is 42.0 Å². The van der Waals surface area contributed by atoms with Gasteiger partial charge in [-0.3, -0.25) is 4.79 Å². The number of aliphatic hydroxyl groups is 1. The van der Waals surface area contributed by atoms with Crippen LogP contribution in [0.5, 0.6) is 0 Å². The summed E-state index contributed by atoms with van der Waals surface area (Å²) in [7, 11) is 0. The van der Waals surface area contributed by atoms with Gasteiger partial charge < -0.3 is 10.0 Å². The van der Waals surface area contributed by atoms with E-state index in [9.17, 15) is 9.90 Å². The number of likely N-dealkylation sites (tertiary alicyclic amines) is 1. The van der Waals surface area contributed by atoms with E-state index in [1.807, 2.05) is 22.4 Å². The number of hydrogen-bond acceptors (Lipinski definition) is 3. The maximum Gasteiger partial charge on any atom is 0.264 e. The first-order valence-electron chi connectivity index (χ1n) is 6.28. The van der Waals surface area contributed by atoms with Crippen molar-refractivity contribution in [2.45, 2.75) is 25.0 Å². The Hall–Kier alpha value is -0.870. The van der Waals surface area contributed by atoms with Gasteiger partial charge in [0.1, 0.15) is 0 Å². The van der Waals surface area contributed by atoms with E-state index in [4.69, 9.17) is 0 Å². The number of hydrogen-bond donors (Lipinski definition) is 1. The van der Waals surface area contributed by atoms with Gasteiger partial charge in [0.25, 0.3) is 5.91 Å². The first-order chi connectivity index (χ1) is 8.25. The zero-order valence-corrected chi connectivity index (χ0v) is 10.3. The van der Waals surface area contributed by atoms with E-state index in [0.29, 0.717) is 17.8 Å². The Morgan fingerprint density at radius 3 is 3.00 bits per heavy atom. The Morgan fingerprint density at radius 1 is 1.41 bits per heavy atom. The molecule has 4 rings (SSSR count). The molecule has 5 atom stereocenters. The van der Waals surface area contributed by atoms with Gasteiger partial charge in [-0.1, -0.05) is 6.07 Å². The summed E-state index contributed by atoms with van der Waals surface area (Å²) in [4.78, 5) is 15.1. The highest BCUT2D eigenvalue weighted by molar-refractivity contribution is 7.12. The van der Waals surface area contributed by atoms with E-state index < -0.39 is 0 Å². The molecule has 3 aliphatic rings. The van der Waals surface area contributed by atoms with Crippen LogP contribution in [0.2, 0.25) is 0 Å². The second-order valence-electron chi connectivity index (χ2n) is 5.57. The maximum atomic E-state index is 12.4. The lowest BCUT2D eigenvalue weighted by Crippen LogP contribution is -2.43. The minimum atomic E-state index is -0.275. The molecule has 5 unspecified atom stereocenters. The van der Waals surface area contributed by atoms with Gasteiger partial charge in [0.05, 0.1) is 17.0 Å². The predicted octanol–water partition coefficient (Wildman–Crippen LogP) is 1.59. The van der Waals surface area contributed by atoms with Gasteiger partial charge in [0, 0.05) is 6.54 Å². The Balaban J connectivity index is 1.66. The molecule has 1 aromatic rings. The number of rotatable bonds is 1. The number of carbonyl (C=O) groups is 1. The zero-order chi connectivity index (χ0) is 11.6. The van der Waals surface area contributed by atoms with Crippen molar-refractivity contribution in [1.29, 1.82) is 0 Å². The summed E-state index contributed by atoms with van der Waals surface area (Å²) < 4.78 is 0. The maximum absolute atomic E-state index is 12.4. The second kappa shape index (κ2) is 3.33. The topological polar surface area (TPSA) is 40.5 Å². The molecule has 0 radical (unpaired) electrons. The van der Waals surface area contributed by atoms with Crippen molar-refractivity contribution in [3.63, 3.8) is 0 Å². The standard InChI is InChI=1S/C13H15NO2S/c15-12-7-4-8-6-14(11(12)9(8)5-7)13(16)10-2-1-3-17-10/h1-3,7-9,11-12,15H,4-6H2. The van der Waals surface area contributed by atoms with E-state index in [0.717, 1.165) is 24.3 Å². The van der Waals surface area contributed by atoms with Gasteiger partial charge in [-0.15, -0.1) is 11.3 Å². The van der Waals surface area contributed by atoms with Crippen LogP contribution in [0, 0.1) is 17.8 Å². The Bertz CT molecular complexity index is 456. The molecular formula is C13H15NO2S. The average Bonchev–Trinajstić information content (AvgIpc) is 3.02. The van der Waals surface area contributed by atoms with Crippen LogP contribution in [0.25, 0.3) is 0 Å². The summed E-state index contributed by atoms with van der Waals surface area (Å²) in [6.07, 6.45) is 1.98. The van der Waals surface area contributed by atoms with Crippen LogP contribution in [0.4, 0.5) is 0 Å². The van der Waals surface area contributed by atoms with Crippen molar-refractivity contribution in [2.24, 2.45) is 17.8 Å². The van der Waals surface area contributed by atoms with Crippen molar-refractivity contribution in [3.8, 4) is 0 Å². The summed E-state index contributed by atoms with van der Waals surface area (Å²) >= 11 is 1.50. The number of nitrogens with zero attached hydrogens (tertiary/aromatic N) is 1. The van der Waals surface area contributed by atoms with Crippen molar-refractivity contribution in [2.75, 3.05) is 6.54 Å². The second-order valence-corrected chi connectivity index (χ2v) is 6.52. The summed E-state index contributed by atoms with van der Waals surface area (Å²) in [5.74, 6) is 1.80. The normalized spacial score (nSPS) is 42.4. The minimum Gasteiger partial charge on any atom is -0.391 e. The Morgan fingerprint density at radius 2 is 2.29 bits per heavy atom. The summed E-state index contributed by atoms with van der Waals surface area (Å²) in [5.41, 5.74) is 0. The molecule has 4 heteroatoms. The molecule has 1 amide bonds. The van der Waals surface area contributed by atoms with Crippen LogP contribution in [-0.4, -0.2) is 34.6 Å². The molecule has 3 fully saturated rings. The molecule has 2 heterocycles. The van der Waals surface area contributed by atoms with Crippen molar-refractivity contribution in [3.05, 3.63) is 22.4 Å². The highest BCUT2D eigenvalue weighted by atomic mass is 32.1. The third kappa shape index (κ3) is 1.23. The first-order valence-corrected chi connectivity index (χ1v) is 7.16. The highest BCUT2D eigenvalue weighted by Crippen LogP contribution is 2.55. The van der Waals surface area contributed by atoms with Crippen molar-refractivity contribution in [1.82, 2.24) is 4.90 Å². The molecular weight excluding hydrogens is 234 g/mol. The number of aliphatic hydroxyl groups excluding tert-OH is 1. The largest absolute Gasteiger partial charge is 0.391 e. The number of thiophene rings is 1. The molecule has 90 valence electrons. The number of fused-ring (bicyclic) bond motifs is 1. The molecule has 1 aromatic heterocycles. The highest BCUT2D eigenvalue weighted by Gasteiger charge is 2.59. The molecule has 2 saturated carbocycles. The van der Waals surface area contributed by atoms with Crippen LogP contribution in [-0.2, 0) is 0 Å². The molecule has 1 aliphatic heterocycles. The SMILES string of the molecule is O=C(c1cccs1)N1CC2CC3CC2C1C3O. The number of carbonyl (C=O) groups excluding carboxylic acids is 1. The van der Waals surface area contributed by atoms with E-state index in [2.05, 4.69) is 0 Å². The van der Waals surface area contributed by atoms with E-state index in [-0.39, 0.29) is 18.1 Å². The summed E-state index contributed by atoms with van der Waals surface area (Å²) in [5, 5.41) is 12.2. The van der Waals surface area contributed by atoms with Gasteiger partial charge in [0.2, 0.25) is 0 Å². The lowest BCUT2D eigenvalue weighted by Gasteiger charge is -2.28. The van der Waals surface area contributed by atoms with Crippen LogP contribution in [0.15, 0.2) is 17.5 Å². The van der Waals surface area contributed by atoms with Crippen LogP contribution in [0.1, 0.15) is 22.5 Å². The third-order valence-corrected chi connectivity index (χ3v) is 5.70. The Kier molecular flexibility index (Phi) is 1.97. The lowest BCUT2D eigenvalue weighted by atomic mass is 9.88. The van der Waals surface area contributed by atoms with Gasteiger partial charge in [0.15, 0.2) is 0 Å². The molecule has 17 heavy (non-hydrogen) atoms. The van der Waals surface area contributed by atoms with E-state index >= 15 is 0 Å². The molecule has 0 spiro atoms. The average molecular weight is 249 g/mol. The monoisotopic (exact) mass is 249 g/mol. The fraction of sp³-hybridized carbons (Fsp3) is 0.615. The fourth-order valence-corrected chi connectivity index (χ4v) is 4.87. The molecule has 2 aliphatic carbocycles. The summed E-state index contributed by atoms with van der Waals surface area (Å²) in [6.45, 7) is 0.861. The van der Waals surface area contributed by atoms with Crippen LogP contribution < -0.4 is 0 Å². The van der Waals surface area contributed by atoms with E-state index in [1.165, 1.54) is 11.3 Å². The lowest BCUT2D eigenvalue weighted by molar-refractivity contribution is 0.0405. The predicted molar refractivity (Wildman–Crippen MR) is 64.9 cm³/mol. The van der Waals surface area contributed by atoms with Gasteiger partial charge in [-0.2, -0.15) is 0 Å². The smallest absolute Gasteiger partial charge is 0.264 e. The van der Waals surface area contributed by atoms with E-state index in [1.54, 1.807) is 0 Å². The zero-order valence-electron chi connectivity index (χ0n) is 9.45. The third-order valence-electron chi connectivity index (χ3n) is 4.84. The number of amides is 1. The Labute approximate surface area is 104 Å². The molecule has 1 saturated heterocycles. The van der Waals surface area contributed by atoms with Gasteiger partial charge in [-0.25, -0.2) is 0 Å².